The van der Waals surface area contributed by atoms with Crippen molar-refractivity contribution in [3.8, 4) is 17.2 Å². The molecule has 0 spiro atoms. The number of pyridine rings is 1. The Morgan fingerprint density at radius 1 is 1.14 bits per heavy atom. The molecule has 42 heavy (non-hydrogen) atoms. The third kappa shape index (κ3) is 5.46. The van der Waals surface area contributed by atoms with Crippen molar-refractivity contribution >= 4 is 39.6 Å². The van der Waals surface area contributed by atoms with Crippen LogP contribution in [0.2, 0.25) is 0 Å². The lowest BCUT2D eigenvalue weighted by Crippen LogP contribution is -2.37. The van der Waals surface area contributed by atoms with Gasteiger partial charge in [-0.1, -0.05) is 6.08 Å². The van der Waals surface area contributed by atoms with Gasteiger partial charge in [-0.25, -0.2) is 19.5 Å². The summed E-state index contributed by atoms with van der Waals surface area (Å²) in [5.41, 5.74) is 3.88. The van der Waals surface area contributed by atoms with Crippen molar-refractivity contribution in [2.75, 3.05) is 37.0 Å². The summed E-state index contributed by atoms with van der Waals surface area (Å²) in [5, 5.41) is 8.26. The largest absolute Gasteiger partial charge is 0.489 e. The molecule has 4 heterocycles. The van der Waals surface area contributed by atoms with Gasteiger partial charge in [-0.3, -0.25) is 4.79 Å². The Labute approximate surface area is 243 Å². The van der Waals surface area contributed by atoms with Crippen LogP contribution in [0.4, 0.5) is 17.2 Å². The first-order valence-electron chi connectivity index (χ1n) is 13.8. The highest BCUT2D eigenvalue weighted by Crippen LogP contribution is 2.41. The van der Waals surface area contributed by atoms with E-state index in [4.69, 9.17) is 9.47 Å². The normalized spacial score (nSPS) is 13.2. The summed E-state index contributed by atoms with van der Waals surface area (Å²) >= 11 is 0. The second-order valence-corrected chi connectivity index (χ2v) is 10.4. The minimum atomic E-state index is -0.0863. The van der Waals surface area contributed by atoms with Crippen LogP contribution in [0.1, 0.15) is 19.4 Å². The number of hydrogen-bond donors (Lipinski definition) is 1. The van der Waals surface area contributed by atoms with E-state index in [1.165, 1.54) is 12.7 Å². The van der Waals surface area contributed by atoms with E-state index in [1.54, 1.807) is 15.5 Å². The van der Waals surface area contributed by atoms with E-state index >= 15 is 0 Å². The van der Waals surface area contributed by atoms with Crippen molar-refractivity contribution in [1.82, 2.24) is 29.5 Å². The first-order valence-corrected chi connectivity index (χ1v) is 13.8. The molecule has 0 saturated carbocycles. The van der Waals surface area contributed by atoms with Crippen molar-refractivity contribution in [2.45, 2.75) is 26.8 Å². The van der Waals surface area contributed by atoms with Crippen LogP contribution >= 0.6 is 0 Å². The number of hydrogen-bond acceptors (Lipinski definition) is 9. The highest BCUT2D eigenvalue weighted by Gasteiger charge is 2.26. The lowest BCUT2D eigenvalue weighted by Gasteiger charge is -2.30. The number of nitrogens with one attached hydrogen (secondary N) is 1. The van der Waals surface area contributed by atoms with Crippen LogP contribution in [0.25, 0.3) is 16.6 Å². The van der Waals surface area contributed by atoms with Gasteiger partial charge in [0, 0.05) is 36.6 Å². The number of carbonyl (C=O) groups is 1. The van der Waals surface area contributed by atoms with Crippen molar-refractivity contribution in [2.24, 2.45) is 0 Å². The zero-order valence-electron chi connectivity index (χ0n) is 24.0. The monoisotopic (exact) mass is 564 g/mol. The van der Waals surface area contributed by atoms with Gasteiger partial charge in [0.15, 0.2) is 11.4 Å². The molecule has 1 amide bonds. The van der Waals surface area contributed by atoms with Gasteiger partial charge in [0.05, 0.1) is 23.1 Å². The quantitative estimate of drug-likeness (QED) is 0.256. The molecule has 1 N–H and O–H groups in total. The summed E-state index contributed by atoms with van der Waals surface area (Å²) in [6, 6.07) is 13.7. The highest BCUT2D eigenvalue weighted by molar-refractivity contribution is 6.07. The SMILES string of the molecule is Cc1cc(Nc2ncnc3ccc4c(c23)OCCN4C(=O)/C=C/CN(C)C(C)C)ccc1Oc1ccn2ncnc2c1. The fourth-order valence-corrected chi connectivity index (χ4v) is 4.74. The van der Waals surface area contributed by atoms with E-state index in [0.29, 0.717) is 54.4 Å². The molecule has 0 fully saturated rings. The van der Waals surface area contributed by atoms with Gasteiger partial charge in [-0.05, 0) is 69.8 Å². The summed E-state index contributed by atoms with van der Waals surface area (Å²) < 4.78 is 13.9. The first kappa shape index (κ1) is 27.2. The van der Waals surface area contributed by atoms with E-state index in [9.17, 15) is 4.79 Å². The minimum absolute atomic E-state index is 0.0863. The standard InChI is InChI=1S/C31H32N8O3/c1-20(2)37(4)12-5-6-28(40)38-14-15-41-30-25(38)9-8-24-29(30)31(34-18-32-24)36-22-7-10-26(21(3)16-22)42-23-11-13-39-27(17-23)33-19-35-39/h5-11,13,16-20H,12,14-15H2,1-4H3,(H,32,34,36)/b6-5+. The fourth-order valence-electron chi connectivity index (χ4n) is 4.74. The predicted octanol–water partition coefficient (Wildman–Crippen LogP) is 5.14. The minimum Gasteiger partial charge on any atom is -0.489 e. The smallest absolute Gasteiger partial charge is 0.250 e. The molecule has 2 aromatic carbocycles. The zero-order chi connectivity index (χ0) is 29.2. The average Bonchev–Trinajstić information content (AvgIpc) is 3.46. The number of nitrogens with zero attached hydrogens (tertiary/aromatic N) is 7. The van der Waals surface area contributed by atoms with Gasteiger partial charge in [0.25, 0.3) is 5.91 Å². The van der Waals surface area contributed by atoms with Gasteiger partial charge >= 0.3 is 0 Å². The Bertz CT molecular complexity index is 1800. The number of ether oxygens (including phenoxy) is 2. The Kier molecular flexibility index (Phi) is 7.41. The molecule has 214 valence electrons. The zero-order valence-corrected chi connectivity index (χ0v) is 24.0. The van der Waals surface area contributed by atoms with Gasteiger partial charge < -0.3 is 24.6 Å². The Balaban J connectivity index is 1.25. The molecular weight excluding hydrogens is 532 g/mol. The van der Waals surface area contributed by atoms with Crippen LogP contribution in [0.3, 0.4) is 0 Å². The molecule has 11 nitrogen and oxygen atoms in total. The number of carbonyl (C=O) groups excluding carboxylic acids is 1. The summed E-state index contributed by atoms with van der Waals surface area (Å²) in [4.78, 5) is 30.3. The van der Waals surface area contributed by atoms with Crippen LogP contribution in [0.5, 0.6) is 17.2 Å². The molecule has 0 atom stereocenters. The average molecular weight is 565 g/mol. The molecule has 6 rings (SSSR count). The van der Waals surface area contributed by atoms with Gasteiger partial charge in [-0.15, -0.1) is 0 Å². The number of benzene rings is 2. The molecule has 1 aliphatic heterocycles. The molecular formula is C31H32N8O3. The lowest BCUT2D eigenvalue weighted by molar-refractivity contribution is -0.114. The number of amides is 1. The van der Waals surface area contributed by atoms with Crippen molar-refractivity contribution in [1.29, 1.82) is 0 Å². The molecule has 0 bridgehead atoms. The van der Waals surface area contributed by atoms with Crippen LogP contribution in [-0.2, 0) is 4.79 Å². The number of fused-ring (bicyclic) bond motifs is 4. The van der Waals surface area contributed by atoms with Gasteiger partial charge in [0.1, 0.15) is 36.6 Å². The van der Waals surface area contributed by atoms with Gasteiger partial charge in [-0.2, -0.15) is 5.10 Å². The molecule has 0 radical (unpaired) electrons. The Hall–Kier alpha value is -5.03. The molecule has 0 aliphatic carbocycles. The summed E-state index contributed by atoms with van der Waals surface area (Å²) in [5.74, 6) is 2.48. The molecule has 3 aromatic heterocycles. The Morgan fingerprint density at radius 2 is 2.02 bits per heavy atom. The van der Waals surface area contributed by atoms with E-state index in [1.807, 2.05) is 68.7 Å². The van der Waals surface area contributed by atoms with Crippen molar-refractivity contribution < 1.29 is 14.3 Å². The van der Waals surface area contributed by atoms with Crippen molar-refractivity contribution in [3.05, 3.63) is 79.0 Å². The molecule has 0 unspecified atom stereocenters. The van der Waals surface area contributed by atoms with Crippen LogP contribution in [-0.4, -0.2) is 68.2 Å². The topological polar surface area (TPSA) is 110 Å². The van der Waals surface area contributed by atoms with E-state index in [0.717, 1.165) is 27.9 Å². The van der Waals surface area contributed by atoms with Crippen molar-refractivity contribution in [3.63, 3.8) is 0 Å². The summed E-state index contributed by atoms with van der Waals surface area (Å²) in [6.45, 7) is 7.76. The highest BCUT2D eigenvalue weighted by atomic mass is 16.5. The number of likely N-dealkylation sites (N-methyl/N-ethyl adjacent to an activating group) is 1. The lowest BCUT2D eigenvalue weighted by atomic mass is 10.1. The molecule has 0 saturated heterocycles. The maximum Gasteiger partial charge on any atom is 0.250 e. The summed E-state index contributed by atoms with van der Waals surface area (Å²) in [7, 11) is 2.03. The first-order chi connectivity index (χ1) is 20.4. The molecule has 5 aromatic rings. The molecule has 1 aliphatic rings. The number of aromatic nitrogens is 5. The fraction of sp³-hybridized carbons (Fsp3) is 0.258. The van der Waals surface area contributed by atoms with E-state index in [-0.39, 0.29) is 5.91 Å². The third-order valence-electron chi connectivity index (χ3n) is 7.31. The number of rotatable bonds is 8. The van der Waals surface area contributed by atoms with E-state index < -0.39 is 0 Å². The van der Waals surface area contributed by atoms with Crippen LogP contribution < -0.4 is 19.7 Å². The maximum atomic E-state index is 13.2. The second kappa shape index (κ2) is 11.5. The third-order valence-corrected chi connectivity index (χ3v) is 7.31. The van der Waals surface area contributed by atoms with Crippen LogP contribution in [0.15, 0.2) is 73.5 Å². The van der Waals surface area contributed by atoms with E-state index in [2.05, 4.69) is 44.1 Å². The second-order valence-electron chi connectivity index (χ2n) is 10.4. The Morgan fingerprint density at radius 3 is 2.86 bits per heavy atom. The summed E-state index contributed by atoms with van der Waals surface area (Å²) in [6.07, 6.45) is 8.36. The number of anilines is 3. The maximum absolute atomic E-state index is 13.2. The van der Waals surface area contributed by atoms with Crippen LogP contribution in [0, 0.1) is 6.92 Å². The number of aryl methyl sites for hydroxylation is 1. The predicted molar refractivity (Wildman–Crippen MR) is 162 cm³/mol. The van der Waals surface area contributed by atoms with Gasteiger partial charge in [0.2, 0.25) is 0 Å². The molecule has 11 heteroatoms.